The first kappa shape index (κ1) is 16.7. The van der Waals surface area contributed by atoms with Crippen LogP contribution in [0.15, 0.2) is 0 Å². The van der Waals surface area contributed by atoms with Crippen LogP contribution in [0.4, 0.5) is 4.79 Å². The monoisotopic (exact) mass is 260 g/mol. The standard InChI is InChI=1S/C12H24N2O4/c1-9(11(15)16)6-5-7-13-12(17)14(3)10(2)8-18-4/h9-10H,5-8H2,1-4H3,(H,13,17)(H,15,16). The molecule has 0 rings (SSSR count). The highest BCUT2D eigenvalue weighted by Gasteiger charge is 2.15. The summed E-state index contributed by atoms with van der Waals surface area (Å²) in [5, 5.41) is 11.5. The summed E-state index contributed by atoms with van der Waals surface area (Å²) in [7, 11) is 3.30. The number of ether oxygens (including phenoxy) is 1. The summed E-state index contributed by atoms with van der Waals surface area (Å²) in [6, 6.07) is -0.157. The first-order valence-electron chi connectivity index (χ1n) is 6.12. The van der Waals surface area contributed by atoms with Gasteiger partial charge in [0.05, 0.1) is 18.6 Å². The zero-order valence-electron chi connectivity index (χ0n) is 11.6. The summed E-state index contributed by atoms with van der Waals surface area (Å²) in [5.74, 6) is -1.17. The van der Waals surface area contributed by atoms with Crippen LogP contribution in [0.25, 0.3) is 0 Å². The second-order valence-electron chi connectivity index (χ2n) is 4.53. The van der Waals surface area contributed by atoms with Crippen LogP contribution in [0.2, 0.25) is 0 Å². The van der Waals surface area contributed by atoms with Crippen molar-refractivity contribution in [1.82, 2.24) is 10.2 Å². The van der Waals surface area contributed by atoms with E-state index in [4.69, 9.17) is 9.84 Å². The Balaban J connectivity index is 3.80. The smallest absolute Gasteiger partial charge is 0.317 e. The highest BCUT2D eigenvalue weighted by Crippen LogP contribution is 2.04. The van der Waals surface area contributed by atoms with Crippen molar-refractivity contribution in [3.05, 3.63) is 0 Å². The Kier molecular flexibility index (Phi) is 8.11. The predicted octanol–water partition coefficient (Wildman–Crippen LogP) is 1.16. The SMILES string of the molecule is COCC(C)N(C)C(=O)NCCCC(C)C(=O)O. The molecule has 0 aliphatic heterocycles. The van der Waals surface area contributed by atoms with Crippen LogP contribution in [0.1, 0.15) is 26.7 Å². The van der Waals surface area contributed by atoms with E-state index in [-0.39, 0.29) is 18.0 Å². The van der Waals surface area contributed by atoms with Gasteiger partial charge in [-0.2, -0.15) is 0 Å². The molecule has 2 amide bonds. The predicted molar refractivity (Wildman–Crippen MR) is 68.5 cm³/mol. The van der Waals surface area contributed by atoms with Crippen LogP contribution < -0.4 is 5.32 Å². The highest BCUT2D eigenvalue weighted by molar-refractivity contribution is 5.74. The van der Waals surface area contributed by atoms with Crippen LogP contribution in [0, 0.1) is 5.92 Å². The number of carbonyl (C=O) groups is 2. The fourth-order valence-corrected chi connectivity index (χ4v) is 1.40. The van der Waals surface area contributed by atoms with Gasteiger partial charge in [0, 0.05) is 20.7 Å². The van der Waals surface area contributed by atoms with E-state index in [2.05, 4.69) is 5.32 Å². The average Bonchev–Trinajstić information content (AvgIpc) is 2.33. The molecule has 0 radical (unpaired) electrons. The van der Waals surface area contributed by atoms with Crippen molar-refractivity contribution in [1.29, 1.82) is 0 Å². The van der Waals surface area contributed by atoms with Gasteiger partial charge in [0.1, 0.15) is 0 Å². The maximum atomic E-state index is 11.7. The van der Waals surface area contributed by atoms with Gasteiger partial charge in [-0.25, -0.2) is 4.79 Å². The number of hydrogen-bond acceptors (Lipinski definition) is 3. The third kappa shape index (κ3) is 6.44. The molecule has 2 N–H and O–H groups in total. The number of methoxy groups -OCH3 is 1. The number of likely N-dealkylation sites (N-methyl/N-ethyl adjacent to an activating group) is 1. The molecule has 0 aliphatic carbocycles. The molecule has 0 heterocycles. The molecule has 0 aromatic carbocycles. The maximum Gasteiger partial charge on any atom is 0.317 e. The summed E-state index contributed by atoms with van der Waals surface area (Å²) >= 11 is 0. The van der Waals surface area contributed by atoms with Crippen molar-refractivity contribution >= 4 is 12.0 Å². The van der Waals surface area contributed by atoms with Crippen molar-refractivity contribution in [3.63, 3.8) is 0 Å². The van der Waals surface area contributed by atoms with E-state index >= 15 is 0 Å². The first-order chi connectivity index (χ1) is 8.40. The third-order valence-electron chi connectivity index (χ3n) is 2.90. The minimum Gasteiger partial charge on any atom is -0.481 e. The molecule has 0 aromatic rings. The van der Waals surface area contributed by atoms with Crippen LogP contribution in [0.5, 0.6) is 0 Å². The van der Waals surface area contributed by atoms with Gasteiger partial charge in [-0.05, 0) is 19.8 Å². The summed E-state index contributed by atoms with van der Waals surface area (Å²) in [6.07, 6.45) is 1.22. The van der Waals surface area contributed by atoms with Crippen molar-refractivity contribution < 1.29 is 19.4 Å². The lowest BCUT2D eigenvalue weighted by Crippen LogP contribution is -2.44. The van der Waals surface area contributed by atoms with Crippen LogP contribution in [0.3, 0.4) is 0 Å². The van der Waals surface area contributed by atoms with Gasteiger partial charge in [0.25, 0.3) is 0 Å². The molecular formula is C12H24N2O4. The zero-order valence-corrected chi connectivity index (χ0v) is 11.6. The van der Waals surface area contributed by atoms with E-state index < -0.39 is 5.97 Å². The molecule has 0 bridgehead atoms. The molecular weight excluding hydrogens is 236 g/mol. The summed E-state index contributed by atoms with van der Waals surface area (Å²) < 4.78 is 4.97. The zero-order chi connectivity index (χ0) is 14.1. The number of aliphatic carboxylic acids is 1. The number of nitrogens with one attached hydrogen (secondary N) is 1. The van der Waals surface area contributed by atoms with Gasteiger partial charge in [-0.3, -0.25) is 4.79 Å². The molecule has 6 heteroatoms. The topological polar surface area (TPSA) is 78.9 Å². The number of hydrogen-bond donors (Lipinski definition) is 2. The molecule has 18 heavy (non-hydrogen) atoms. The number of carboxylic acids is 1. The molecule has 0 aliphatic rings. The van der Waals surface area contributed by atoms with Crippen molar-refractivity contribution in [2.75, 3.05) is 27.3 Å². The van der Waals surface area contributed by atoms with Crippen molar-refractivity contribution in [2.24, 2.45) is 5.92 Å². The molecule has 0 spiro atoms. The lowest BCUT2D eigenvalue weighted by Gasteiger charge is -2.24. The average molecular weight is 260 g/mol. The Hall–Kier alpha value is -1.30. The van der Waals surface area contributed by atoms with Gasteiger partial charge in [0.15, 0.2) is 0 Å². The Labute approximate surface area is 108 Å². The van der Waals surface area contributed by atoms with E-state index in [1.165, 1.54) is 0 Å². The second kappa shape index (κ2) is 8.74. The lowest BCUT2D eigenvalue weighted by atomic mass is 10.1. The number of urea groups is 1. The van der Waals surface area contributed by atoms with Gasteiger partial charge in [-0.15, -0.1) is 0 Å². The molecule has 0 saturated carbocycles. The fourth-order valence-electron chi connectivity index (χ4n) is 1.40. The normalized spacial score (nSPS) is 13.8. The van der Waals surface area contributed by atoms with Crippen LogP contribution in [-0.4, -0.2) is 55.4 Å². The van der Waals surface area contributed by atoms with Gasteiger partial charge in [0.2, 0.25) is 0 Å². The van der Waals surface area contributed by atoms with E-state index in [0.29, 0.717) is 26.0 Å². The molecule has 0 aromatic heterocycles. The molecule has 6 nitrogen and oxygen atoms in total. The summed E-state index contributed by atoms with van der Waals surface area (Å²) in [4.78, 5) is 23.8. The lowest BCUT2D eigenvalue weighted by molar-refractivity contribution is -0.141. The summed E-state index contributed by atoms with van der Waals surface area (Å²) in [6.45, 7) is 4.53. The second-order valence-corrected chi connectivity index (χ2v) is 4.53. The maximum absolute atomic E-state index is 11.7. The number of amides is 2. The number of carboxylic acid groups (broad SMARTS) is 1. The number of nitrogens with zero attached hydrogens (tertiary/aromatic N) is 1. The molecule has 2 atom stereocenters. The van der Waals surface area contributed by atoms with E-state index in [1.807, 2.05) is 6.92 Å². The third-order valence-corrected chi connectivity index (χ3v) is 2.90. The van der Waals surface area contributed by atoms with E-state index in [9.17, 15) is 9.59 Å². The molecule has 0 saturated heterocycles. The van der Waals surface area contributed by atoms with E-state index in [1.54, 1.807) is 26.0 Å². The fraction of sp³-hybridized carbons (Fsp3) is 0.833. The van der Waals surface area contributed by atoms with Crippen LogP contribution >= 0.6 is 0 Å². The van der Waals surface area contributed by atoms with E-state index in [0.717, 1.165) is 0 Å². The molecule has 106 valence electrons. The minimum atomic E-state index is -0.799. The number of carbonyl (C=O) groups excluding carboxylic acids is 1. The van der Waals surface area contributed by atoms with Crippen LogP contribution in [-0.2, 0) is 9.53 Å². The highest BCUT2D eigenvalue weighted by atomic mass is 16.5. The summed E-state index contributed by atoms with van der Waals surface area (Å²) in [5.41, 5.74) is 0. The first-order valence-corrected chi connectivity index (χ1v) is 6.12. The van der Waals surface area contributed by atoms with Gasteiger partial charge >= 0.3 is 12.0 Å². The Morgan fingerprint density at radius 1 is 1.39 bits per heavy atom. The van der Waals surface area contributed by atoms with Gasteiger partial charge in [-0.1, -0.05) is 6.92 Å². The van der Waals surface area contributed by atoms with Crippen molar-refractivity contribution in [2.45, 2.75) is 32.7 Å². The quantitative estimate of drug-likeness (QED) is 0.642. The van der Waals surface area contributed by atoms with Gasteiger partial charge < -0.3 is 20.1 Å². The number of rotatable bonds is 8. The molecule has 2 unspecified atom stereocenters. The Bertz CT molecular complexity index is 271. The Morgan fingerprint density at radius 3 is 2.50 bits per heavy atom. The van der Waals surface area contributed by atoms with Crippen molar-refractivity contribution in [3.8, 4) is 0 Å². The largest absolute Gasteiger partial charge is 0.481 e. The molecule has 0 fully saturated rings. The minimum absolute atomic E-state index is 0.00735. The Morgan fingerprint density at radius 2 is 2.00 bits per heavy atom.